The van der Waals surface area contributed by atoms with Crippen LogP contribution in [0.15, 0.2) is 17.1 Å². The van der Waals surface area contributed by atoms with Crippen LogP contribution in [-0.2, 0) is 0 Å². The summed E-state index contributed by atoms with van der Waals surface area (Å²) in [6.07, 6.45) is 0. The molecule has 0 saturated heterocycles. The van der Waals surface area contributed by atoms with Gasteiger partial charge in [-0.15, -0.1) is 0 Å². The Hall–Kier alpha value is -1.46. The summed E-state index contributed by atoms with van der Waals surface area (Å²) in [6, 6.07) is 2.82. The van der Waals surface area contributed by atoms with Crippen molar-refractivity contribution < 1.29 is 4.79 Å². The number of nitrogens with two attached hydrogens (primary N) is 1. The second-order valence-electron chi connectivity index (χ2n) is 5.36. The summed E-state index contributed by atoms with van der Waals surface area (Å²) in [5, 5.41) is 6.09. The first-order valence-corrected chi connectivity index (χ1v) is 6.73. The molecule has 0 radical (unpaired) electrons. The summed E-state index contributed by atoms with van der Waals surface area (Å²) in [4.78, 5) is 15.7. The molecule has 0 unspecified atom stereocenters. The summed E-state index contributed by atoms with van der Waals surface area (Å²) in [5.74, 6) is -0.0341. The lowest BCUT2D eigenvalue weighted by Crippen LogP contribution is -2.50. The highest BCUT2D eigenvalue weighted by Gasteiger charge is 2.14. The van der Waals surface area contributed by atoms with Crippen LogP contribution in [0.1, 0.15) is 26.3 Å². The lowest BCUT2D eigenvalue weighted by molar-refractivity contribution is 0.236. The molecule has 1 aromatic carbocycles. The minimum Gasteiger partial charge on any atom is -0.369 e. The molecule has 0 aliphatic carbocycles. The van der Waals surface area contributed by atoms with E-state index in [-0.39, 0.29) is 11.5 Å². The predicted molar refractivity (Wildman–Crippen MR) is 83.9 cm³/mol. The third-order valence-corrected chi connectivity index (χ3v) is 2.86. The first-order chi connectivity index (χ1) is 9.08. The second-order valence-corrected chi connectivity index (χ2v) is 6.20. The fourth-order valence-corrected chi connectivity index (χ4v) is 1.88. The molecular weight excluding hydrogens is 299 g/mol. The van der Waals surface area contributed by atoms with Gasteiger partial charge < -0.3 is 11.1 Å². The number of rotatable bonds is 1. The summed E-state index contributed by atoms with van der Waals surface area (Å²) in [7, 11) is 0. The normalized spacial score (nSPS) is 12.2. The van der Waals surface area contributed by atoms with Gasteiger partial charge in [-0.05, 0) is 45.4 Å². The summed E-state index contributed by atoms with van der Waals surface area (Å²) >= 11 is 11.9. The smallest absolute Gasteiger partial charge is 0.321 e. The number of carbonyl (C=O) groups is 1. The Labute approximate surface area is 128 Å². The number of hydrogen-bond donors (Lipinski definition) is 3. The number of nitrogens with one attached hydrogen (secondary N) is 2. The van der Waals surface area contributed by atoms with Crippen LogP contribution < -0.4 is 16.4 Å². The van der Waals surface area contributed by atoms with E-state index in [1.807, 2.05) is 20.8 Å². The molecule has 1 aromatic rings. The average molecular weight is 317 g/mol. The van der Waals surface area contributed by atoms with E-state index < -0.39 is 6.03 Å². The van der Waals surface area contributed by atoms with Crippen LogP contribution in [0.5, 0.6) is 0 Å². The molecule has 2 amide bonds. The van der Waals surface area contributed by atoms with Crippen molar-refractivity contribution in [3.05, 3.63) is 27.7 Å². The zero-order valence-electron chi connectivity index (χ0n) is 11.8. The number of urea groups is 1. The largest absolute Gasteiger partial charge is 0.369 e. The van der Waals surface area contributed by atoms with Crippen molar-refractivity contribution in [2.24, 2.45) is 10.7 Å². The van der Waals surface area contributed by atoms with Crippen molar-refractivity contribution in [1.82, 2.24) is 10.6 Å². The maximum absolute atomic E-state index is 11.6. The van der Waals surface area contributed by atoms with Gasteiger partial charge in [-0.3, -0.25) is 5.32 Å². The summed E-state index contributed by atoms with van der Waals surface area (Å²) < 4.78 is 0. The standard InChI is InChI=1S/C13H18Cl2N4O/c1-7-9(15)5-8(14)6-10(7)17-11(16)18-12(20)19-13(2,3)4/h5-6H,1-4H3,(H4,16,17,18,19,20). The van der Waals surface area contributed by atoms with Gasteiger partial charge in [0.1, 0.15) is 0 Å². The lowest BCUT2D eigenvalue weighted by Gasteiger charge is -2.20. The second kappa shape index (κ2) is 6.33. The predicted octanol–water partition coefficient (Wildman–Crippen LogP) is 3.35. The van der Waals surface area contributed by atoms with Crippen LogP contribution >= 0.6 is 23.2 Å². The molecule has 20 heavy (non-hydrogen) atoms. The first-order valence-electron chi connectivity index (χ1n) is 5.97. The van der Waals surface area contributed by atoms with Crippen LogP contribution in [0, 0.1) is 6.92 Å². The quantitative estimate of drug-likeness (QED) is 0.548. The molecule has 0 aliphatic rings. The van der Waals surface area contributed by atoms with Gasteiger partial charge in [0.2, 0.25) is 5.96 Å². The molecule has 0 atom stereocenters. The van der Waals surface area contributed by atoms with Crippen molar-refractivity contribution in [1.29, 1.82) is 0 Å². The van der Waals surface area contributed by atoms with Crippen molar-refractivity contribution in [3.8, 4) is 0 Å². The van der Waals surface area contributed by atoms with Gasteiger partial charge in [-0.2, -0.15) is 0 Å². The number of carbonyl (C=O) groups excluding carboxylic acids is 1. The van der Waals surface area contributed by atoms with Crippen LogP contribution in [0.3, 0.4) is 0 Å². The maximum atomic E-state index is 11.6. The fourth-order valence-electron chi connectivity index (χ4n) is 1.39. The Morgan fingerprint density at radius 2 is 1.90 bits per heavy atom. The minimum absolute atomic E-state index is 0.0341. The van der Waals surface area contributed by atoms with Gasteiger partial charge in [-0.25, -0.2) is 9.79 Å². The molecule has 110 valence electrons. The fraction of sp³-hybridized carbons (Fsp3) is 0.385. The van der Waals surface area contributed by atoms with Crippen LogP contribution in [-0.4, -0.2) is 17.5 Å². The van der Waals surface area contributed by atoms with E-state index in [1.54, 1.807) is 19.1 Å². The Morgan fingerprint density at radius 3 is 2.45 bits per heavy atom. The van der Waals surface area contributed by atoms with Gasteiger partial charge in [0.25, 0.3) is 0 Å². The number of guanidine groups is 1. The van der Waals surface area contributed by atoms with E-state index in [0.717, 1.165) is 5.56 Å². The monoisotopic (exact) mass is 316 g/mol. The minimum atomic E-state index is -0.426. The highest BCUT2D eigenvalue weighted by atomic mass is 35.5. The zero-order valence-corrected chi connectivity index (χ0v) is 13.4. The number of nitrogens with zero attached hydrogens (tertiary/aromatic N) is 1. The van der Waals surface area contributed by atoms with Gasteiger partial charge >= 0.3 is 6.03 Å². The Kier molecular flexibility index (Phi) is 5.25. The lowest BCUT2D eigenvalue weighted by atomic mass is 10.1. The molecule has 0 heterocycles. The molecule has 0 fully saturated rings. The maximum Gasteiger partial charge on any atom is 0.321 e. The Bertz CT molecular complexity index is 550. The number of benzene rings is 1. The van der Waals surface area contributed by atoms with Crippen molar-refractivity contribution in [2.75, 3.05) is 0 Å². The van der Waals surface area contributed by atoms with E-state index in [1.165, 1.54) is 0 Å². The average Bonchev–Trinajstić information content (AvgIpc) is 2.21. The zero-order chi connectivity index (χ0) is 15.5. The van der Waals surface area contributed by atoms with Crippen molar-refractivity contribution in [3.63, 3.8) is 0 Å². The molecule has 0 spiro atoms. The topological polar surface area (TPSA) is 79.5 Å². The van der Waals surface area contributed by atoms with Crippen molar-refractivity contribution in [2.45, 2.75) is 33.2 Å². The molecule has 7 heteroatoms. The SMILES string of the molecule is Cc1c(Cl)cc(Cl)cc1N=C(N)NC(=O)NC(C)(C)C. The molecule has 0 aliphatic heterocycles. The molecular formula is C13H18Cl2N4O. The highest BCUT2D eigenvalue weighted by molar-refractivity contribution is 6.35. The summed E-state index contributed by atoms with van der Waals surface area (Å²) in [6.45, 7) is 7.38. The number of halogens is 2. The van der Waals surface area contributed by atoms with E-state index >= 15 is 0 Å². The van der Waals surface area contributed by atoms with Crippen LogP contribution in [0.25, 0.3) is 0 Å². The van der Waals surface area contributed by atoms with Gasteiger partial charge in [-0.1, -0.05) is 23.2 Å². The van der Waals surface area contributed by atoms with E-state index in [9.17, 15) is 4.79 Å². The molecule has 0 saturated carbocycles. The molecule has 1 rings (SSSR count). The molecule has 0 bridgehead atoms. The summed E-state index contributed by atoms with van der Waals surface area (Å²) in [5.41, 5.74) is 6.57. The van der Waals surface area contributed by atoms with Gasteiger partial charge in [0.15, 0.2) is 0 Å². The highest BCUT2D eigenvalue weighted by Crippen LogP contribution is 2.30. The molecule has 5 nitrogen and oxygen atoms in total. The Balaban J connectivity index is 2.87. The van der Waals surface area contributed by atoms with Crippen molar-refractivity contribution >= 4 is 40.9 Å². The number of amides is 2. The van der Waals surface area contributed by atoms with Crippen LogP contribution in [0.2, 0.25) is 10.0 Å². The van der Waals surface area contributed by atoms with Gasteiger partial charge in [0, 0.05) is 15.6 Å². The first kappa shape index (κ1) is 16.6. The number of aliphatic imine (C=N–C) groups is 1. The van der Waals surface area contributed by atoms with Gasteiger partial charge in [0.05, 0.1) is 5.69 Å². The third-order valence-electron chi connectivity index (χ3n) is 2.25. The van der Waals surface area contributed by atoms with E-state index in [0.29, 0.717) is 15.7 Å². The Morgan fingerprint density at radius 1 is 1.30 bits per heavy atom. The van der Waals surface area contributed by atoms with Crippen LogP contribution in [0.4, 0.5) is 10.5 Å². The third kappa shape index (κ3) is 5.27. The molecule has 4 N–H and O–H groups in total. The number of hydrogen-bond acceptors (Lipinski definition) is 2. The molecule has 0 aromatic heterocycles. The van der Waals surface area contributed by atoms with E-state index in [4.69, 9.17) is 28.9 Å². The van der Waals surface area contributed by atoms with E-state index in [2.05, 4.69) is 15.6 Å².